The van der Waals surface area contributed by atoms with Crippen molar-refractivity contribution in [3.8, 4) is 0 Å². The Morgan fingerprint density at radius 2 is 2.43 bits per heavy atom. The van der Waals surface area contributed by atoms with Crippen LogP contribution in [0.1, 0.15) is 16.3 Å². The van der Waals surface area contributed by atoms with Crippen molar-refractivity contribution < 1.29 is 4.42 Å². The molecule has 74 valence electrons. The molecular weight excluding hydrogens is 196 g/mol. The van der Waals surface area contributed by atoms with Crippen LogP contribution in [-0.2, 0) is 13.1 Å². The van der Waals surface area contributed by atoms with E-state index in [1.165, 1.54) is 5.56 Å². The van der Waals surface area contributed by atoms with E-state index in [-0.39, 0.29) is 0 Å². The molecule has 2 aromatic rings. The minimum absolute atomic E-state index is 0.762. The van der Waals surface area contributed by atoms with Gasteiger partial charge in [-0.05, 0) is 18.6 Å². The monoisotopic (exact) mass is 208 g/mol. The highest BCUT2D eigenvalue weighted by Gasteiger charge is 2.01. The van der Waals surface area contributed by atoms with Gasteiger partial charge < -0.3 is 9.73 Å². The third kappa shape index (κ3) is 2.21. The quantitative estimate of drug-likeness (QED) is 0.838. The zero-order chi connectivity index (χ0) is 9.80. The fraction of sp³-hybridized carbons (Fsp3) is 0.300. The molecule has 14 heavy (non-hydrogen) atoms. The average Bonchev–Trinajstić information content (AvgIpc) is 2.78. The van der Waals surface area contributed by atoms with Crippen LogP contribution < -0.4 is 5.32 Å². The Balaban J connectivity index is 1.81. The van der Waals surface area contributed by atoms with E-state index in [0.717, 1.165) is 23.9 Å². The minimum atomic E-state index is 0.762. The average molecular weight is 208 g/mol. The van der Waals surface area contributed by atoms with Crippen LogP contribution in [-0.4, -0.2) is 4.98 Å². The number of thiazole rings is 1. The van der Waals surface area contributed by atoms with Gasteiger partial charge in [0.25, 0.3) is 0 Å². The third-order valence-electron chi connectivity index (χ3n) is 2.01. The van der Waals surface area contributed by atoms with Crippen LogP contribution in [0.15, 0.2) is 28.3 Å². The SMILES string of the molecule is Cc1ccoc1CNCc1nccs1. The predicted molar refractivity (Wildman–Crippen MR) is 56.1 cm³/mol. The summed E-state index contributed by atoms with van der Waals surface area (Å²) in [6, 6.07) is 1.97. The summed E-state index contributed by atoms with van der Waals surface area (Å²) in [5.74, 6) is 1.00. The summed E-state index contributed by atoms with van der Waals surface area (Å²) in [4.78, 5) is 4.18. The molecule has 0 atom stereocenters. The lowest BCUT2D eigenvalue weighted by atomic mass is 10.3. The summed E-state index contributed by atoms with van der Waals surface area (Å²) in [6.45, 7) is 3.61. The molecule has 0 fully saturated rings. The Bertz CT molecular complexity index is 380. The molecule has 3 nitrogen and oxygen atoms in total. The zero-order valence-electron chi connectivity index (χ0n) is 7.99. The van der Waals surface area contributed by atoms with E-state index in [1.807, 2.05) is 24.6 Å². The van der Waals surface area contributed by atoms with Gasteiger partial charge in [-0.25, -0.2) is 4.98 Å². The van der Waals surface area contributed by atoms with Crippen LogP contribution in [0.2, 0.25) is 0 Å². The van der Waals surface area contributed by atoms with Gasteiger partial charge in [0.1, 0.15) is 10.8 Å². The van der Waals surface area contributed by atoms with Crippen molar-refractivity contribution in [1.29, 1.82) is 0 Å². The van der Waals surface area contributed by atoms with E-state index in [0.29, 0.717) is 0 Å². The van der Waals surface area contributed by atoms with Gasteiger partial charge in [0.05, 0.1) is 12.8 Å². The lowest BCUT2D eigenvalue weighted by Crippen LogP contribution is -2.12. The summed E-state index contributed by atoms with van der Waals surface area (Å²) in [7, 11) is 0. The van der Waals surface area contributed by atoms with E-state index in [4.69, 9.17) is 4.42 Å². The van der Waals surface area contributed by atoms with Crippen molar-refractivity contribution in [3.63, 3.8) is 0 Å². The van der Waals surface area contributed by atoms with Crippen molar-refractivity contribution in [2.75, 3.05) is 0 Å². The summed E-state index contributed by atoms with van der Waals surface area (Å²) in [5.41, 5.74) is 1.19. The first kappa shape index (κ1) is 9.43. The Hall–Kier alpha value is -1.13. The smallest absolute Gasteiger partial charge is 0.120 e. The highest BCUT2D eigenvalue weighted by atomic mass is 32.1. The first-order valence-electron chi connectivity index (χ1n) is 4.48. The molecule has 0 amide bonds. The van der Waals surface area contributed by atoms with Gasteiger partial charge in [0.15, 0.2) is 0 Å². The molecule has 4 heteroatoms. The first-order chi connectivity index (χ1) is 6.86. The zero-order valence-corrected chi connectivity index (χ0v) is 8.80. The number of aromatic nitrogens is 1. The van der Waals surface area contributed by atoms with Crippen LogP contribution in [0.4, 0.5) is 0 Å². The Kier molecular flexibility index (Phi) is 2.96. The van der Waals surface area contributed by atoms with Gasteiger partial charge in [0.2, 0.25) is 0 Å². The molecule has 0 aromatic carbocycles. The number of hydrogen-bond donors (Lipinski definition) is 1. The van der Waals surface area contributed by atoms with Crippen molar-refractivity contribution in [1.82, 2.24) is 10.3 Å². The van der Waals surface area contributed by atoms with Gasteiger partial charge in [0, 0.05) is 18.1 Å². The molecule has 0 saturated heterocycles. The molecule has 0 radical (unpaired) electrons. The van der Waals surface area contributed by atoms with Crippen LogP contribution in [0.5, 0.6) is 0 Å². The fourth-order valence-corrected chi connectivity index (χ4v) is 1.79. The number of nitrogens with zero attached hydrogens (tertiary/aromatic N) is 1. The molecule has 0 aliphatic carbocycles. The van der Waals surface area contributed by atoms with E-state index < -0.39 is 0 Å². The second kappa shape index (κ2) is 4.39. The molecule has 2 aromatic heterocycles. The Labute approximate surface area is 86.8 Å². The molecule has 0 unspecified atom stereocenters. The van der Waals surface area contributed by atoms with E-state index in [9.17, 15) is 0 Å². The standard InChI is InChI=1S/C10H12N2OS/c1-8-2-4-13-9(8)6-11-7-10-12-3-5-14-10/h2-5,11H,6-7H2,1H3. The largest absolute Gasteiger partial charge is 0.468 e. The second-order valence-electron chi connectivity index (χ2n) is 3.06. The van der Waals surface area contributed by atoms with Gasteiger partial charge in [-0.2, -0.15) is 0 Å². The molecule has 0 aliphatic heterocycles. The minimum Gasteiger partial charge on any atom is -0.468 e. The maximum atomic E-state index is 5.30. The number of aryl methyl sites for hydroxylation is 1. The fourth-order valence-electron chi connectivity index (χ4n) is 1.21. The van der Waals surface area contributed by atoms with Crippen LogP contribution in [0, 0.1) is 6.92 Å². The van der Waals surface area contributed by atoms with Gasteiger partial charge >= 0.3 is 0 Å². The van der Waals surface area contributed by atoms with Crippen molar-refractivity contribution in [3.05, 3.63) is 40.2 Å². The van der Waals surface area contributed by atoms with Crippen LogP contribution in [0.3, 0.4) is 0 Å². The second-order valence-corrected chi connectivity index (χ2v) is 4.04. The molecule has 2 rings (SSSR count). The molecule has 0 bridgehead atoms. The maximum Gasteiger partial charge on any atom is 0.120 e. The molecule has 0 saturated carbocycles. The number of furan rings is 1. The molecule has 0 aliphatic rings. The molecule has 1 N–H and O–H groups in total. The Morgan fingerprint density at radius 3 is 3.07 bits per heavy atom. The summed E-state index contributed by atoms with van der Waals surface area (Å²) in [6.07, 6.45) is 3.54. The van der Waals surface area contributed by atoms with E-state index >= 15 is 0 Å². The van der Waals surface area contributed by atoms with Gasteiger partial charge in [-0.1, -0.05) is 0 Å². The van der Waals surface area contributed by atoms with Crippen molar-refractivity contribution in [2.24, 2.45) is 0 Å². The summed E-state index contributed by atoms with van der Waals surface area (Å²) >= 11 is 1.66. The van der Waals surface area contributed by atoms with Crippen LogP contribution in [0.25, 0.3) is 0 Å². The summed E-state index contributed by atoms with van der Waals surface area (Å²) in [5, 5.41) is 6.37. The predicted octanol–water partition coefficient (Wildman–Crippen LogP) is 2.33. The molecular formula is C10H12N2OS. The first-order valence-corrected chi connectivity index (χ1v) is 5.36. The van der Waals surface area contributed by atoms with E-state index in [1.54, 1.807) is 17.6 Å². The Morgan fingerprint density at radius 1 is 1.50 bits per heavy atom. The lowest BCUT2D eigenvalue weighted by Gasteiger charge is -2.00. The number of nitrogens with one attached hydrogen (secondary N) is 1. The maximum absolute atomic E-state index is 5.30. The molecule has 2 heterocycles. The lowest BCUT2D eigenvalue weighted by molar-refractivity contribution is 0.480. The number of rotatable bonds is 4. The summed E-state index contributed by atoms with van der Waals surface area (Å²) < 4.78 is 5.30. The molecule has 0 spiro atoms. The topological polar surface area (TPSA) is 38.1 Å². The highest BCUT2D eigenvalue weighted by molar-refractivity contribution is 7.09. The van der Waals surface area contributed by atoms with Gasteiger partial charge in [-0.3, -0.25) is 0 Å². The van der Waals surface area contributed by atoms with Crippen molar-refractivity contribution >= 4 is 11.3 Å². The highest BCUT2D eigenvalue weighted by Crippen LogP contribution is 2.09. The normalized spacial score (nSPS) is 10.6. The van der Waals surface area contributed by atoms with Gasteiger partial charge in [-0.15, -0.1) is 11.3 Å². The number of hydrogen-bond acceptors (Lipinski definition) is 4. The third-order valence-corrected chi connectivity index (χ3v) is 2.79. The van der Waals surface area contributed by atoms with E-state index in [2.05, 4.69) is 10.3 Å². The van der Waals surface area contributed by atoms with Crippen LogP contribution >= 0.6 is 11.3 Å². The van der Waals surface area contributed by atoms with Crippen molar-refractivity contribution in [2.45, 2.75) is 20.0 Å².